The Morgan fingerprint density at radius 2 is 2.10 bits per heavy atom. The highest BCUT2D eigenvalue weighted by atomic mass is 32.1. The van der Waals surface area contributed by atoms with Gasteiger partial charge in [-0.15, -0.1) is 11.3 Å². The fourth-order valence-corrected chi connectivity index (χ4v) is 3.07. The number of methoxy groups -OCH3 is 1. The molecule has 1 atom stereocenters. The molecule has 1 aromatic heterocycles. The maximum atomic E-state index is 12.3. The molecule has 1 unspecified atom stereocenters. The lowest BCUT2D eigenvalue weighted by atomic mass is 10.2. The number of anilines is 1. The Bertz CT molecular complexity index is 696. The number of thiophene rings is 1. The van der Waals surface area contributed by atoms with Crippen molar-refractivity contribution in [2.45, 2.75) is 13.0 Å². The van der Waals surface area contributed by atoms with Crippen LogP contribution >= 0.6 is 11.3 Å². The van der Waals surface area contributed by atoms with Gasteiger partial charge in [0.05, 0.1) is 18.2 Å². The number of likely N-dealkylation sites (N-methyl/N-ethyl adjacent to an activating group) is 1. The molecule has 21 heavy (non-hydrogen) atoms. The molecule has 0 spiro atoms. The lowest BCUT2D eigenvalue weighted by molar-refractivity contribution is -0.122. The molecule has 7 heteroatoms. The number of fused-ring (bicyclic) bond motifs is 1. The molecule has 0 saturated heterocycles. The number of ether oxygens (including phenoxy) is 1. The van der Waals surface area contributed by atoms with Gasteiger partial charge in [-0.25, -0.2) is 0 Å². The van der Waals surface area contributed by atoms with Crippen molar-refractivity contribution in [3.8, 4) is 5.75 Å². The number of carbonyl (C=O) groups excluding carboxylic acids is 2. The molecule has 0 aliphatic rings. The van der Waals surface area contributed by atoms with Gasteiger partial charge in [0.15, 0.2) is 0 Å². The molecule has 1 heterocycles. The highest BCUT2D eigenvalue weighted by molar-refractivity contribution is 7.21. The molecule has 2 rings (SSSR count). The molecule has 1 aromatic carbocycles. The maximum absolute atomic E-state index is 12.3. The number of amides is 2. The number of nitrogens with two attached hydrogens (primary N) is 1. The van der Waals surface area contributed by atoms with E-state index in [0.29, 0.717) is 16.3 Å². The van der Waals surface area contributed by atoms with Crippen molar-refractivity contribution in [1.82, 2.24) is 10.6 Å². The van der Waals surface area contributed by atoms with Gasteiger partial charge in [-0.05, 0) is 19.1 Å². The standard InChI is InChI=1S/C14H17N3O3S/c1-7(13(18)16-2)17-14(19)12-11(15)10-8(20-3)5-4-6-9(10)21-12/h4-7H,15H2,1-3H3,(H,16,18)(H,17,19). The Labute approximate surface area is 126 Å². The van der Waals surface area contributed by atoms with Gasteiger partial charge in [0.1, 0.15) is 16.7 Å². The average Bonchev–Trinajstić information content (AvgIpc) is 2.83. The third-order valence-corrected chi connectivity index (χ3v) is 4.30. The van der Waals surface area contributed by atoms with Crippen molar-refractivity contribution >= 4 is 38.9 Å². The summed E-state index contributed by atoms with van der Waals surface area (Å²) in [5, 5.41) is 5.83. The second kappa shape index (κ2) is 6.01. The maximum Gasteiger partial charge on any atom is 0.264 e. The summed E-state index contributed by atoms with van der Waals surface area (Å²) < 4.78 is 6.13. The fraction of sp³-hybridized carbons (Fsp3) is 0.286. The van der Waals surface area contributed by atoms with Crippen molar-refractivity contribution in [3.63, 3.8) is 0 Å². The zero-order valence-corrected chi connectivity index (χ0v) is 12.8. The third kappa shape index (κ3) is 2.78. The van der Waals surface area contributed by atoms with Crippen molar-refractivity contribution in [3.05, 3.63) is 23.1 Å². The molecule has 0 aliphatic heterocycles. The molecule has 0 bridgehead atoms. The lowest BCUT2D eigenvalue weighted by Crippen LogP contribution is -2.43. The second-order valence-corrected chi connectivity index (χ2v) is 5.54. The highest BCUT2D eigenvalue weighted by Crippen LogP contribution is 2.39. The van der Waals surface area contributed by atoms with Crippen molar-refractivity contribution < 1.29 is 14.3 Å². The zero-order valence-electron chi connectivity index (χ0n) is 12.0. The topological polar surface area (TPSA) is 93.5 Å². The normalized spacial score (nSPS) is 12.0. The Kier molecular flexibility index (Phi) is 4.32. The first-order chi connectivity index (χ1) is 9.99. The van der Waals surface area contributed by atoms with Crippen LogP contribution in [-0.4, -0.2) is 32.0 Å². The first kappa shape index (κ1) is 15.1. The van der Waals surface area contributed by atoms with Gasteiger partial charge in [0.2, 0.25) is 5.91 Å². The van der Waals surface area contributed by atoms with E-state index in [1.807, 2.05) is 12.1 Å². The minimum Gasteiger partial charge on any atom is -0.496 e. The summed E-state index contributed by atoms with van der Waals surface area (Å²) in [4.78, 5) is 24.1. The molecule has 0 aliphatic carbocycles. The number of nitrogens with one attached hydrogen (secondary N) is 2. The summed E-state index contributed by atoms with van der Waals surface area (Å²) in [6.07, 6.45) is 0. The van der Waals surface area contributed by atoms with Gasteiger partial charge in [-0.3, -0.25) is 9.59 Å². The molecule has 2 amide bonds. The number of benzene rings is 1. The summed E-state index contributed by atoms with van der Waals surface area (Å²) in [5.41, 5.74) is 6.44. The van der Waals surface area contributed by atoms with Crippen LogP contribution in [-0.2, 0) is 4.79 Å². The number of carbonyl (C=O) groups is 2. The van der Waals surface area contributed by atoms with Crippen LogP contribution in [0, 0.1) is 0 Å². The Balaban J connectivity index is 2.37. The number of hydrogen-bond donors (Lipinski definition) is 3. The van der Waals surface area contributed by atoms with E-state index in [1.165, 1.54) is 18.4 Å². The summed E-state index contributed by atoms with van der Waals surface area (Å²) in [7, 11) is 3.07. The second-order valence-electron chi connectivity index (χ2n) is 4.49. The van der Waals surface area contributed by atoms with Gasteiger partial charge in [-0.1, -0.05) is 6.07 Å². The van der Waals surface area contributed by atoms with Crippen LogP contribution in [0.15, 0.2) is 18.2 Å². The first-order valence-electron chi connectivity index (χ1n) is 6.37. The molecule has 0 fully saturated rings. The number of rotatable bonds is 4. The summed E-state index contributed by atoms with van der Waals surface area (Å²) in [6, 6.07) is 4.87. The minimum absolute atomic E-state index is 0.263. The van der Waals surface area contributed by atoms with Gasteiger partial charge in [0, 0.05) is 11.7 Å². The predicted molar refractivity (Wildman–Crippen MR) is 83.8 cm³/mol. The van der Waals surface area contributed by atoms with E-state index in [0.717, 1.165) is 10.1 Å². The van der Waals surface area contributed by atoms with Crippen molar-refractivity contribution in [2.75, 3.05) is 19.9 Å². The number of nitrogen functional groups attached to an aromatic ring is 1. The monoisotopic (exact) mass is 307 g/mol. The molecular formula is C14H17N3O3S. The molecule has 0 saturated carbocycles. The van der Waals surface area contributed by atoms with E-state index in [-0.39, 0.29) is 11.8 Å². The van der Waals surface area contributed by atoms with Crippen LogP contribution in [0.5, 0.6) is 5.75 Å². The molecule has 0 radical (unpaired) electrons. The van der Waals surface area contributed by atoms with E-state index in [4.69, 9.17) is 10.5 Å². The Morgan fingerprint density at radius 1 is 1.38 bits per heavy atom. The Hall–Kier alpha value is -2.28. The van der Waals surface area contributed by atoms with Crippen molar-refractivity contribution in [2.24, 2.45) is 0 Å². The van der Waals surface area contributed by atoms with E-state index >= 15 is 0 Å². The van der Waals surface area contributed by atoms with Crippen LogP contribution < -0.4 is 21.1 Å². The number of hydrogen-bond acceptors (Lipinski definition) is 5. The third-order valence-electron chi connectivity index (χ3n) is 3.13. The molecular weight excluding hydrogens is 290 g/mol. The van der Waals surface area contributed by atoms with Crippen LogP contribution in [0.2, 0.25) is 0 Å². The van der Waals surface area contributed by atoms with Crippen LogP contribution in [0.1, 0.15) is 16.6 Å². The smallest absolute Gasteiger partial charge is 0.264 e. The largest absolute Gasteiger partial charge is 0.496 e. The predicted octanol–water partition coefficient (Wildman–Crippen LogP) is 1.36. The zero-order chi connectivity index (χ0) is 15.6. The summed E-state index contributed by atoms with van der Waals surface area (Å²) in [6.45, 7) is 1.61. The summed E-state index contributed by atoms with van der Waals surface area (Å²) in [5.74, 6) is -0.00730. The van der Waals surface area contributed by atoms with Crippen LogP contribution in [0.25, 0.3) is 10.1 Å². The van der Waals surface area contributed by atoms with Crippen LogP contribution in [0.3, 0.4) is 0 Å². The van der Waals surface area contributed by atoms with Gasteiger partial charge < -0.3 is 21.1 Å². The molecule has 6 nitrogen and oxygen atoms in total. The van der Waals surface area contributed by atoms with E-state index in [1.54, 1.807) is 20.1 Å². The summed E-state index contributed by atoms with van der Waals surface area (Å²) >= 11 is 1.27. The van der Waals surface area contributed by atoms with E-state index in [2.05, 4.69) is 10.6 Å². The van der Waals surface area contributed by atoms with Crippen LogP contribution in [0.4, 0.5) is 5.69 Å². The molecule has 2 aromatic rings. The van der Waals surface area contributed by atoms with Crippen molar-refractivity contribution in [1.29, 1.82) is 0 Å². The van der Waals surface area contributed by atoms with Gasteiger partial charge >= 0.3 is 0 Å². The van der Waals surface area contributed by atoms with Gasteiger partial charge in [-0.2, -0.15) is 0 Å². The van der Waals surface area contributed by atoms with Gasteiger partial charge in [0.25, 0.3) is 5.91 Å². The molecule has 112 valence electrons. The fourth-order valence-electron chi connectivity index (χ4n) is 2.02. The lowest BCUT2D eigenvalue weighted by Gasteiger charge is -2.11. The van der Waals surface area contributed by atoms with E-state index < -0.39 is 6.04 Å². The Morgan fingerprint density at radius 3 is 2.71 bits per heavy atom. The SMILES string of the molecule is CNC(=O)C(C)NC(=O)c1sc2cccc(OC)c2c1N. The molecule has 4 N–H and O–H groups in total. The quantitative estimate of drug-likeness (QED) is 0.795. The minimum atomic E-state index is -0.631. The first-order valence-corrected chi connectivity index (χ1v) is 7.18. The van der Waals surface area contributed by atoms with E-state index in [9.17, 15) is 9.59 Å². The highest BCUT2D eigenvalue weighted by Gasteiger charge is 2.21. The average molecular weight is 307 g/mol.